The van der Waals surface area contributed by atoms with E-state index in [0.717, 1.165) is 10.9 Å². The number of aromatic nitrogens is 1. The van der Waals surface area contributed by atoms with Gasteiger partial charge in [0.2, 0.25) is 10.0 Å². The first-order valence-electron chi connectivity index (χ1n) is 9.85. The summed E-state index contributed by atoms with van der Waals surface area (Å²) < 4.78 is 28.0. The molecule has 0 radical (unpaired) electrons. The summed E-state index contributed by atoms with van der Waals surface area (Å²) in [6, 6.07) is 11.1. The number of hydrogen-bond donors (Lipinski definition) is 2. The Morgan fingerprint density at radius 3 is 2.68 bits per heavy atom. The Labute approximate surface area is 185 Å². The van der Waals surface area contributed by atoms with Crippen molar-refractivity contribution in [1.29, 1.82) is 0 Å². The lowest BCUT2D eigenvalue weighted by atomic mass is 10.1. The van der Waals surface area contributed by atoms with Crippen LogP contribution >= 0.6 is 11.6 Å². The number of amides is 1. The third-order valence-electron chi connectivity index (χ3n) is 5.51. The van der Waals surface area contributed by atoms with E-state index in [1.165, 1.54) is 4.31 Å². The van der Waals surface area contributed by atoms with Crippen molar-refractivity contribution in [3.63, 3.8) is 0 Å². The van der Waals surface area contributed by atoms with Crippen molar-refractivity contribution >= 4 is 38.3 Å². The standard InChI is InChI=1S/C22H22ClN3O4S/c1-14-11-24-12-19-18(14)3-2-4-20(19)31(29,30)26-10-9-17(13-26)25-22(28)21(27)15-5-7-16(23)8-6-15/h2-8,11-12,17,21,27H,9-10,13H2,1H3,(H,25,28)/t17-,21?/m1/s1. The molecule has 4 rings (SSSR count). The average Bonchev–Trinajstić information content (AvgIpc) is 3.23. The number of carbonyl (C=O) groups is 1. The molecular formula is C22H22ClN3O4S. The van der Waals surface area contributed by atoms with Crippen molar-refractivity contribution < 1.29 is 18.3 Å². The molecule has 7 nitrogen and oxygen atoms in total. The summed E-state index contributed by atoms with van der Waals surface area (Å²) in [5, 5.41) is 15.0. The van der Waals surface area contributed by atoms with Gasteiger partial charge in [-0.15, -0.1) is 0 Å². The number of sulfonamides is 1. The molecule has 1 aliphatic heterocycles. The number of rotatable bonds is 5. The Kier molecular flexibility index (Phi) is 5.98. The summed E-state index contributed by atoms with van der Waals surface area (Å²) in [5.41, 5.74) is 1.32. The third-order valence-corrected chi connectivity index (χ3v) is 7.69. The molecule has 1 amide bonds. The van der Waals surface area contributed by atoms with E-state index in [1.54, 1.807) is 48.8 Å². The molecule has 2 aromatic carbocycles. The van der Waals surface area contributed by atoms with Crippen LogP contribution in [0.3, 0.4) is 0 Å². The van der Waals surface area contributed by atoms with Gasteiger partial charge >= 0.3 is 0 Å². The van der Waals surface area contributed by atoms with Crippen LogP contribution in [0.2, 0.25) is 5.02 Å². The predicted octanol–water partition coefficient (Wildman–Crippen LogP) is 2.81. The number of nitrogens with zero attached hydrogens (tertiary/aromatic N) is 2. The molecule has 0 saturated carbocycles. The molecule has 2 atom stereocenters. The molecule has 1 saturated heterocycles. The molecule has 162 valence electrons. The summed E-state index contributed by atoms with van der Waals surface area (Å²) in [7, 11) is -3.76. The highest BCUT2D eigenvalue weighted by Gasteiger charge is 2.35. The van der Waals surface area contributed by atoms with Gasteiger partial charge in [0.15, 0.2) is 6.10 Å². The van der Waals surface area contributed by atoms with Crippen LogP contribution in [-0.4, -0.2) is 47.9 Å². The number of pyridine rings is 1. The molecule has 1 aliphatic rings. The molecule has 2 heterocycles. The van der Waals surface area contributed by atoms with Crippen LogP contribution in [0.4, 0.5) is 0 Å². The zero-order valence-corrected chi connectivity index (χ0v) is 18.4. The number of aliphatic hydroxyl groups excluding tert-OH is 1. The maximum absolute atomic E-state index is 13.3. The van der Waals surface area contributed by atoms with E-state index in [0.29, 0.717) is 22.4 Å². The lowest BCUT2D eigenvalue weighted by molar-refractivity contribution is -0.130. The maximum Gasteiger partial charge on any atom is 0.253 e. The molecule has 0 bridgehead atoms. The van der Waals surface area contributed by atoms with E-state index >= 15 is 0 Å². The second kappa shape index (κ2) is 8.55. The van der Waals surface area contributed by atoms with Gasteiger partial charge in [-0.3, -0.25) is 9.78 Å². The van der Waals surface area contributed by atoms with Gasteiger partial charge in [0.05, 0.1) is 4.90 Å². The first-order valence-corrected chi connectivity index (χ1v) is 11.7. The lowest BCUT2D eigenvalue weighted by Crippen LogP contribution is -2.40. The van der Waals surface area contributed by atoms with Crippen molar-refractivity contribution in [3.05, 3.63) is 71.0 Å². The molecule has 9 heteroatoms. The Hall–Kier alpha value is -2.52. The van der Waals surface area contributed by atoms with Crippen molar-refractivity contribution in [2.75, 3.05) is 13.1 Å². The molecule has 31 heavy (non-hydrogen) atoms. The molecular weight excluding hydrogens is 438 g/mol. The van der Waals surface area contributed by atoms with Gasteiger partial charge in [0.25, 0.3) is 5.91 Å². The van der Waals surface area contributed by atoms with Gasteiger partial charge in [0, 0.05) is 41.9 Å². The second-order valence-corrected chi connectivity index (χ2v) is 9.96. The van der Waals surface area contributed by atoms with Gasteiger partial charge in [0.1, 0.15) is 0 Å². The number of carbonyl (C=O) groups excluding carboxylic acids is 1. The van der Waals surface area contributed by atoms with E-state index in [4.69, 9.17) is 11.6 Å². The minimum atomic E-state index is -3.76. The highest BCUT2D eigenvalue weighted by molar-refractivity contribution is 7.89. The highest BCUT2D eigenvalue weighted by Crippen LogP contribution is 2.29. The third kappa shape index (κ3) is 4.29. The number of hydrogen-bond acceptors (Lipinski definition) is 5. The number of aryl methyl sites for hydroxylation is 1. The van der Waals surface area contributed by atoms with Crippen LogP contribution in [0, 0.1) is 6.92 Å². The number of benzene rings is 2. The number of nitrogens with one attached hydrogen (secondary N) is 1. The van der Waals surface area contributed by atoms with Gasteiger partial charge in [-0.2, -0.15) is 4.31 Å². The smallest absolute Gasteiger partial charge is 0.253 e. The van der Waals surface area contributed by atoms with Gasteiger partial charge in [-0.25, -0.2) is 8.42 Å². The largest absolute Gasteiger partial charge is 0.378 e. The van der Waals surface area contributed by atoms with Crippen LogP contribution < -0.4 is 5.32 Å². The fourth-order valence-electron chi connectivity index (χ4n) is 3.82. The molecule has 1 aromatic heterocycles. The Bertz CT molecular complexity index is 1230. The normalized spacial score (nSPS) is 18.2. The number of aliphatic hydroxyl groups is 1. The molecule has 1 fully saturated rings. The van der Waals surface area contributed by atoms with Crippen LogP contribution in [0.5, 0.6) is 0 Å². The van der Waals surface area contributed by atoms with Crippen LogP contribution in [0.1, 0.15) is 23.7 Å². The molecule has 0 spiro atoms. The maximum atomic E-state index is 13.3. The van der Waals surface area contributed by atoms with Crippen molar-refractivity contribution in [1.82, 2.24) is 14.6 Å². The van der Waals surface area contributed by atoms with E-state index in [-0.39, 0.29) is 24.0 Å². The Morgan fingerprint density at radius 1 is 1.19 bits per heavy atom. The van der Waals surface area contributed by atoms with Crippen molar-refractivity contribution in [3.8, 4) is 0 Å². The van der Waals surface area contributed by atoms with E-state index in [1.807, 2.05) is 13.0 Å². The van der Waals surface area contributed by atoms with E-state index < -0.39 is 22.0 Å². The van der Waals surface area contributed by atoms with E-state index in [9.17, 15) is 18.3 Å². The number of fused-ring (bicyclic) bond motifs is 1. The Morgan fingerprint density at radius 2 is 1.94 bits per heavy atom. The zero-order chi connectivity index (χ0) is 22.2. The summed E-state index contributed by atoms with van der Waals surface area (Å²) in [6.45, 7) is 2.30. The first-order chi connectivity index (χ1) is 14.8. The van der Waals surface area contributed by atoms with Crippen LogP contribution in [0.15, 0.2) is 59.8 Å². The fourth-order valence-corrected chi connectivity index (χ4v) is 5.64. The minimum Gasteiger partial charge on any atom is -0.378 e. The zero-order valence-electron chi connectivity index (χ0n) is 16.8. The van der Waals surface area contributed by atoms with Crippen molar-refractivity contribution in [2.24, 2.45) is 0 Å². The number of halogens is 1. The molecule has 0 aliphatic carbocycles. The first kappa shape index (κ1) is 21.7. The summed E-state index contributed by atoms with van der Waals surface area (Å²) in [6.07, 6.45) is 2.37. The molecule has 1 unspecified atom stereocenters. The second-order valence-electron chi connectivity index (χ2n) is 7.62. The summed E-state index contributed by atoms with van der Waals surface area (Å²) >= 11 is 5.84. The Balaban J connectivity index is 1.49. The summed E-state index contributed by atoms with van der Waals surface area (Å²) in [4.78, 5) is 16.8. The lowest BCUT2D eigenvalue weighted by Gasteiger charge is -2.19. The predicted molar refractivity (Wildman–Crippen MR) is 118 cm³/mol. The fraction of sp³-hybridized carbons (Fsp3) is 0.273. The minimum absolute atomic E-state index is 0.136. The monoisotopic (exact) mass is 459 g/mol. The van der Waals surface area contributed by atoms with E-state index in [2.05, 4.69) is 10.3 Å². The van der Waals surface area contributed by atoms with Crippen molar-refractivity contribution in [2.45, 2.75) is 30.4 Å². The molecule has 3 aromatic rings. The summed E-state index contributed by atoms with van der Waals surface area (Å²) in [5.74, 6) is -0.573. The quantitative estimate of drug-likeness (QED) is 0.611. The topological polar surface area (TPSA) is 99.6 Å². The van der Waals surface area contributed by atoms with Crippen LogP contribution in [0.25, 0.3) is 10.8 Å². The van der Waals surface area contributed by atoms with Gasteiger partial charge in [-0.1, -0.05) is 35.9 Å². The van der Waals surface area contributed by atoms with Crippen LogP contribution in [-0.2, 0) is 14.8 Å². The molecule has 2 N–H and O–H groups in total. The average molecular weight is 460 g/mol. The van der Waals surface area contributed by atoms with Gasteiger partial charge < -0.3 is 10.4 Å². The highest BCUT2D eigenvalue weighted by atomic mass is 35.5. The SMILES string of the molecule is Cc1cncc2c(S(=O)(=O)N3CC[C@@H](NC(=O)C(O)c4ccc(Cl)cc4)C3)cccc12. The van der Waals surface area contributed by atoms with Gasteiger partial charge in [-0.05, 0) is 48.1 Å².